The molecule has 0 atom stereocenters. The average Bonchev–Trinajstić information content (AvgIpc) is 2.37. The summed E-state index contributed by atoms with van der Waals surface area (Å²) in [6.45, 7) is 0. The van der Waals surface area contributed by atoms with E-state index in [1.54, 1.807) is 0 Å². The summed E-state index contributed by atoms with van der Waals surface area (Å²) in [4.78, 5) is 24.5. The van der Waals surface area contributed by atoms with Crippen LogP contribution in [-0.4, -0.2) is 21.0 Å². The summed E-state index contributed by atoms with van der Waals surface area (Å²) in [5.41, 5.74) is -0.982. The normalized spacial score (nSPS) is 10.2. The molecule has 0 bridgehead atoms. The first-order chi connectivity index (χ1) is 9.86. The second kappa shape index (κ2) is 5.83. The fourth-order valence-electron chi connectivity index (χ4n) is 1.47. The largest absolute Gasteiger partial charge is 0.478 e. The van der Waals surface area contributed by atoms with E-state index in [1.807, 2.05) is 0 Å². The van der Waals surface area contributed by atoms with Crippen molar-refractivity contribution in [2.75, 3.05) is 0 Å². The van der Waals surface area contributed by atoms with E-state index in [0.29, 0.717) is 4.47 Å². The van der Waals surface area contributed by atoms with Crippen LogP contribution in [0.1, 0.15) is 10.4 Å². The molecule has 0 aliphatic carbocycles. The second-order valence-electron chi connectivity index (χ2n) is 3.82. The van der Waals surface area contributed by atoms with Crippen molar-refractivity contribution in [3.63, 3.8) is 0 Å². The number of halogens is 2. The highest BCUT2D eigenvalue weighted by Crippen LogP contribution is 2.31. The summed E-state index contributed by atoms with van der Waals surface area (Å²) in [5, 5.41) is 19.7. The third kappa shape index (κ3) is 3.51. The van der Waals surface area contributed by atoms with Crippen molar-refractivity contribution in [2.45, 2.75) is 0 Å². The van der Waals surface area contributed by atoms with Gasteiger partial charge in [0.2, 0.25) is 0 Å². The number of hydrogen-bond donors (Lipinski definition) is 1. The van der Waals surface area contributed by atoms with Crippen molar-refractivity contribution < 1.29 is 24.0 Å². The Bertz CT molecular complexity index is 717. The van der Waals surface area contributed by atoms with Gasteiger partial charge in [-0.3, -0.25) is 10.1 Å². The van der Waals surface area contributed by atoms with Crippen LogP contribution in [0.5, 0.6) is 11.6 Å². The van der Waals surface area contributed by atoms with Crippen LogP contribution in [0, 0.1) is 15.9 Å². The monoisotopic (exact) mass is 356 g/mol. The maximum absolute atomic E-state index is 13.2. The standard InChI is InChI=1S/C12H6BrFN2O5/c13-7-2-8(14)4-9(3-7)21-11-10(16(19)20)1-6(5-15-11)12(17)18/h1-5H,(H,17,18). The minimum atomic E-state index is -1.36. The number of aromatic nitrogens is 1. The Labute approximate surface area is 125 Å². The number of benzene rings is 1. The quantitative estimate of drug-likeness (QED) is 0.665. The summed E-state index contributed by atoms with van der Waals surface area (Å²) in [6, 6.07) is 4.40. The van der Waals surface area contributed by atoms with Gasteiger partial charge in [-0.2, -0.15) is 0 Å². The number of carboxylic acids is 1. The van der Waals surface area contributed by atoms with E-state index in [4.69, 9.17) is 9.84 Å². The topological polar surface area (TPSA) is 103 Å². The molecule has 0 spiro atoms. The van der Waals surface area contributed by atoms with Gasteiger partial charge in [-0.25, -0.2) is 14.2 Å². The van der Waals surface area contributed by atoms with Crippen LogP contribution in [0.25, 0.3) is 0 Å². The predicted molar refractivity (Wildman–Crippen MR) is 72.0 cm³/mol. The van der Waals surface area contributed by atoms with Gasteiger partial charge in [0.1, 0.15) is 11.6 Å². The number of carboxylic acid groups (broad SMARTS) is 1. The number of hydrogen-bond acceptors (Lipinski definition) is 5. The molecule has 0 radical (unpaired) electrons. The summed E-state index contributed by atoms with van der Waals surface area (Å²) in [6.07, 6.45) is 0.916. The van der Waals surface area contributed by atoms with Crippen molar-refractivity contribution in [3.05, 3.63) is 56.4 Å². The van der Waals surface area contributed by atoms with E-state index >= 15 is 0 Å². The maximum atomic E-state index is 13.2. The van der Waals surface area contributed by atoms with E-state index in [1.165, 1.54) is 12.1 Å². The van der Waals surface area contributed by atoms with Gasteiger partial charge >= 0.3 is 11.7 Å². The molecule has 2 aromatic rings. The van der Waals surface area contributed by atoms with Crippen LogP contribution in [0.15, 0.2) is 34.9 Å². The zero-order chi connectivity index (χ0) is 15.6. The molecule has 0 unspecified atom stereocenters. The van der Waals surface area contributed by atoms with Gasteiger partial charge in [0.15, 0.2) is 0 Å². The van der Waals surface area contributed by atoms with Gasteiger partial charge in [0, 0.05) is 22.8 Å². The molecule has 1 aromatic carbocycles. The number of rotatable bonds is 4. The van der Waals surface area contributed by atoms with E-state index in [2.05, 4.69) is 20.9 Å². The van der Waals surface area contributed by atoms with Crippen LogP contribution >= 0.6 is 15.9 Å². The van der Waals surface area contributed by atoms with Crippen LogP contribution in [0.4, 0.5) is 10.1 Å². The molecule has 0 saturated heterocycles. The molecule has 0 amide bonds. The first-order valence-electron chi connectivity index (χ1n) is 5.38. The van der Waals surface area contributed by atoms with Gasteiger partial charge < -0.3 is 9.84 Å². The zero-order valence-electron chi connectivity index (χ0n) is 10.1. The fourth-order valence-corrected chi connectivity index (χ4v) is 1.91. The highest BCUT2D eigenvalue weighted by Gasteiger charge is 2.21. The fraction of sp³-hybridized carbons (Fsp3) is 0. The Morgan fingerprint density at radius 1 is 1.38 bits per heavy atom. The van der Waals surface area contributed by atoms with E-state index in [0.717, 1.165) is 18.3 Å². The Balaban J connectivity index is 2.43. The van der Waals surface area contributed by atoms with Crippen molar-refractivity contribution >= 4 is 27.6 Å². The van der Waals surface area contributed by atoms with Crippen molar-refractivity contribution in [3.8, 4) is 11.6 Å². The molecule has 1 heterocycles. The molecule has 2 rings (SSSR count). The number of pyridine rings is 1. The molecule has 0 aliphatic heterocycles. The van der Waals surface area contributed by atoms with Crippen LogP contribution in [0.2, 0.25) is 0 Å². The van der Waals surface area contributed by atoms with Crippen molar-refractivity contribution in [2.24, 2.45) is 0 Å². The molecule has 1 N–H and O–H groups in total. The molecule has 108 valence electrons. The predicted octanol–water partition coefficient (Wildman–Crippen LogP) is 3.38. The minimum Gasteiger partial charge on any atom is -0.478 e. The molecule has 1 aromatic heterocycles. The third-order valence-electron chi connectivity index (χ3n) is 2.33. The highest BCUT2D eigenvalue weighted by molar-refractivity contribution is 9.10. The number of nitro groups is 1. The molecule has 0 aliphatic rings. The van der Waals surface area contributed by atoms with E-state index < -0.39 is 28.3 Å². The average molecular weight is 357 g/mol. The lowest BCUT2D eigenvalue weighted by atomic mass is 10.2. The molecule has 7 nitrogen and oxygen atoms in total. The Morgan fingerprint density at radius 3 is 2.67 bits per heavy atom. The molecule has 9 heteroatoms. The van der Waals surface area contributed by atoms with Crippen molar-refractivity contribution in [1.29, 1.82) is 0 Å². The van der Waals surface area contributed by atoms with E-state index in [9.17, 15) is 19.3 Å². The van der Waals surface area contributed by atoms with Gasteiger partial charge in [-0.15, -0.1) is 0 Å². The number of carbonyl (C=O) groups is 1. The summed E-state index contributed by atoms with van der Waals surface area (Å²) in [5.74, 6) is -2.40. The number of ether oxygens (including phenoxy) is 1. The van der Waals surface area contributed by atoms with Crippen LogP contribution < -0.4 is 4.74 Å². The highest BCUT2D eigenvalue weighted by atomic mass is 79.9. The summed E-state index contributed by atoms with van der Waals surface area (Å²) < 4.78 is 18.7. The van der Waals surface area contributed by atoms with Crippen molar-refractivity contribution in [1.82, 2.24) is 4.98 Å². The lowest BCUT2D eigenvalue weighted by Crippen LogP contribution is -2.02. The summed E-state index contributed by atoms with van der Waals surface area (Å²) in [7, 11) is 0. The van der Waals surface area contributed by atoms with Gasteiger partial charge in [-0.1, -0.05) is 15.9 Å². The SMILES string of the molecule is O=C(O)c1cnc(Oc2cc(F)cc(Br)c2)c([N+](=O)[O-])c1. The maximum Gasteiger partial charge on any atom is 0.337 e. The minimum absolute atomic E-state index is 0.0134. The first kappa shape index (κ1) is 14.9. The number of nitrogens with zero attached hydrogens (tertiary/aromatic N) is 2. The lowest BCUT2D eigenvalue weighted by molar-refractivity contribution is -0.386. The van der Waals surface area contributed by atoms with Gasteiger partial charge in [0.05, 0.1) is 10.5 Å². The Hall–Kier alpha value is -2.55. The van der Waals surface area contributed by atoms with Crippen LogP contribution in [-0.2, 0) is 0 Å². The molecular formula is C12H6BrFN2O5. The molecule has 0 saturated carbocycles. The molecular weight excluding hydrogens is 351 g/mol. The summed E-state index contributed by atoms with van der Waals surface area (Å²) >= 11 is 3.05. The Morgan fingerprint density at radius 2 is 2.10 bits per heavy atom. The van der Waals surface area contributed by atoms with Gasteiger partial charge in [0.25, 0.3) is 5.88 Å². The zero-order valence-corrected chi connectivity index (χ0v) is 11.7. The molecule has 21 heavy (non-hydrogen) atoms. The van der Waals surface area contributed by atoms with Crippen LogP contribution in [0.3, 0.4) is 0 Å². The first-order valence-corrected chi connectivity index (χ1v) is 6.18. The third-order valence-corrected chi connectivity index (χ3v) is 2.78. The number of aromatic carboxylic acids is 1. The lowest BCUT2D eigenvalue weighted by Gasteiger charge is -2.06. The Kier molecular flexibility index (Phi) is 4.13. The van der Waals surface area contributed by atoms with Gasteiger partial charge in [-0.05, 0) is 12.1 Å². The van der Waals surface area contributed by atoms with E-state index in [-0.39, 0.29) is 11.3 Å². The molecule has 0 fully saturated rings. The second-order valence-corrected chi connectivity index (χ2v) is 4.73. The smallest absolute Gasteiger partial charge is 0.337 e.